The summed E-state index contributed by atoms with van der Waals surface area (Å²) in [5.41, 5.74) is 1.94. The normalized spacial score (nSPS) is 15.4. The maximum atomic E-state index is 12.4. The van der Waals surface area contributed by atoms with Crippen molar-refractivity contribution in [2.45, 2.75) is 32.3 Å². The van der Waals surface area contributed by atoms with Gasteiger partial charge in [0, 0.05) is 29.5 Å². The summed E-state index contributed by atoms with van der Waals surface area (Å²) in [6.45, 7) is 3.87. The van der Waals surface area contributed by atoms with Crippen LogP contribution < -0.4 is 15.0 Å². The molecule has 1 heterocycles. The molecule has 1 amide bonds. The maximum absolute atomic E-state index is 12.4. The molecule has 26 heavy (non-hydrogen) atoms. The van der Waals surface area contributed by atoms with Crippen molar-refractivity contribution in [1.82, 2.24) is 0 Å². The molecule has 0 aromatic heterocycles. The Morgan fingerprint density at radius 1 is 1.08 bits per heavy atom. The van der Waals surface area contributed by atoms with Crippen LogP contribution in [0.25, 0.3) is 0 Å². The number of carbonyl (C=O) groups excluding carboxylic acids is 1. The van der Waals surface area contributed by atoms with E-state index in [4.69, 9.17) is 27.9 Å². The molecule has 1 aliphatic rings. The fraction of sp³-hybridized carbons (Fsp3) is 0.350. The van der Waals surface area contributed by atoms with E-state index < -0.39 is 6.10 Å². The first kappa shape index (κ1) is 18.9. The highest BCUT2D eigenvalue weighted by Crippen LogP contribution is 2.28. The summed E-state index contributed by atoms with van der Waals surface area (Å²) in [6, 6.07) is 12.8. The molecular weight excluding hydrogens is 371 g/mol. The van der Waals surface area contributed by atoms with Gasteiger partial charge in [-0.2, -0.15) is 0 Å². The predicted octanol–water partition coefficient (Wildman–Crippen LogP) is 5.39. The molecule has 3 rings (SSSR count). The molecule has 0 aliphatic carbocycles. The van der Waals surface area contributed by atoms with Crippen LogP contribution in [0.3, 0.4) is 0 Å². The van der Waals surface area contributed by atoms with Crippen molar-refractivity contribution in [1.29, 1.82) is 0 Å². The van der Waals surface area contributed by atoms with Crippen molar-refractivity contribution < 1.29 is 9.53 Å². The smallest absolute Gasteiger partial charge is 0.265 e. The van der Waals surface area contributed by atoms with E-state index >= 15 is 0 Å². The Balaban J connectivity index is 1.58. The van der Waals surface area contributed by atoms with E-state index in [9.17, 15) is 4.79 Å². The van der Waals surface area contributed by atoms with Gasteiger partial charge in [-0.25, -0.2) is 0 Å². The van der Waals surface area contributed by atoms with E-state index in [1.54, 1.807) is 25.1 Å². The van der Waals surface area contributed by atoms with E-state index in [1.165, 1.54) is 24.9 Å². The standard InChI is InChI=1S/C20H22Cl2N2O2/c1-14(26-19-10-5-15(21)13-18(19)22)20(25)23-16-6-8-17(9-7-16)24-11-3-2-4-12-24/h5-10,13-14H,2-4,11-12H2,1H3,(H,23,25)/t14-/m1/s1. The maximum Gasteiger partial charge on any atom is 0.265 e. The third kappa shape index (κ3) is 4.83. The number of hydrogen-bond donors (Lipinski definition) is 1. The Labute approximate surface area is 164 Å². The number of anilines is 2. The molecule has 0 saturated carbocycles. The van der Waals surface area contributed by atoms with Crippen LogP contribution in [-0.2, 0) is 4.79 Å². The van der Waals surface area contributed by atoms with Crippen molar-refractivity contribution in [3.8, 4) is 5.75 Å². The first-order valence-electron chi connectivity index (χ1n) is 8.80. The Kier molecular flexibility index (Phi) is 6.28. The number of nitrogens with one attached hydrogen (secondary N) is 1. The molecule has 0 spiro atoms. The molecule has 1 fully saturated rings. The molecule has 2 aromatic rings. The summed E-state index contributed by atoms with van der Waals surface area (Å²) in [5, 5.41) is 3.77. The molecule has 1 atom stereocenters. The number of nitrogens with zero attached hydrogens (tertiary/aromatic N) is 1. The number of carbonyl (C=O) groups is 1. The summed E-state index contributed by atoms with van der Waals surface area (Å²) in [7, 11) is 0. The molecule has 138 valence electrons. The average molecular weight is 393 g/mol. The lowest BCUT2D eigenvalue weighted by Gasteiger charge is -2.28. The summed E-state index contributed by atoms with van der Waals surface area (Å²) in [5.74, 6) is 0.195. The van der Waals surface area contributed by atoms with Crippen LogP contribution in [0.4, 0.5) is 11.4 Å². The van der Waals surface area contributed by atoms with Crippen LogP contribution in [0.2, 0.25) is 10.0 Å². The Morgan fingerprint density at radius 3 is 2.42 bits per heavy atom. The number of benzene rings is 2. The van der Waals surface area contributed by atoms with E-state index in [0.29, 0.717) is 15.8 Å². The fourth-order valence-electron chi connectivity index (χ4n) is 2.97. The van der Waals surface area contributed by atoms with Gasteiger partial charge in [0.1, 0.15) is 5.75 Å². The Bertz CT molecular complexity index is 759. The topological polar surface area (TPSA) is 41.6 Å². The number of amides is 1. The molecule has 6 heteroatoms. The van der Waals surface area contributed by atoms with Crippen LogP contribution in [0, 0.1) is 0 Å². The largest absolute Gasteiger partial charge is 0.479 e. The van der Waals surface area contributed by atoms with E-state index in [0.717, 1.165) is 18.8 Å². The van der Waals surface area contributed by atoms with E-state index in [2.05, 4.69) is 10.2 Å². The highest BCUT2D eigenvalue weighted by Gasteiger charge is 2.17. The lowest BCUT2D eigenvalue weighted by molar-refractivity contribution is -0.122. The third-order valence-electron chi connectivity index (χ3n) is 4.42. The SMILES string of the molecule is C[C@@H](Oc1ccc(Cl)cc1Cl)C(=O)Nc1ccc(N2CCCCC2)cc1. The highest BCUT2D eigenvalue weighted by molar-refractivity contribution is 6.35. The van der Waals surface area contributed by atoms with Crippen molar-refractivity contribution >= 4 is 40.5 Å². The minimum absolute atomic E-state index is 0.235. The van der Waals surface area contributed by atoms with Crippen LogP contribution in [0.1, 0.15) is 26.2 Å². The van der Waals surface area contributed by atoms with Gasteiger partial charge >= 0.3 is 0 Å². The zero-order valence-electron chi connectivity index (χ0n) is 14.7. The summed E-state index contributed by atoms with van der Waals surface area (Å²) < 4.78 is 5.64. The van der Waals surface area contributed by atoms with Gasteiger partial charge in [0.05, 0.1) is 5.02 Å². The monoisotopic (exact) mass is 392 g/mol. The second kappa shape index (κ2) is 8.65. The number of rotatable bonds is 5. The molecule has 4 nitrogen and oxygen atoms in total. The van der Waals surface area contributed by atoms with Gasteiger partial charge in [-0.3, -0.25) is 4.79 Å². The summed E-state index contributed by atoms with van der Waals surface area (Å²) in [6.07, 6.45) is 3.09. The van der Waals surface area contributed by atoms with Gasteiger partial charge in [0.25, 0.3) is 5.91 Å². The van der Waals surface area contributed by atoms with Gasteiger partial charge in [0.2, 0.25) is 0 Å². The number of piperidine rings is 1. The minimum Gasteiger partial charge on any atom is -0.479 e. The van der Waals surface area contributed by atoms with Gasteiger partial charge in [-0.05, 0) is 68.7 Å². The van der Waals surface area contributed by atoms with Crippen LogP contribution in [0.15, 0.2) is 42.5 Å². The zero-order valence-corrected chi connectivity index (χ0v) is 16.2. The van der Waals surface area contributed by atoms with Crippen molar-refractivity contribution in [3.63, 3.8) is 0 Å². The Hall–Kier alpha value is -1.91. The molecule has 1 N–H and O–H groups in total. The van der Waals surface area contributed by atoms with Gasteiger partial charge in [-0.15, -0.1) is 0 Å². The number of halogens is 2. The molecule has 1 saturated heterocycles. The molecule has 0 bridgehead atoms. The van der Waals surface area contributed by atoms with E-state index in [1.807, 2.05) is 24.3 Å². The molecule has 2 aromatic carbocycles. The Morgan fingerprint density at radius 2 is 1.77 bits per heavy atom. The average Bonchev–Trinajstić information content (AvgIpc) is 2.65. The van der Waals surface area contributed by atoms with Gasteiger partial charge in [-0.1, -0.05) is 23.2 Å². The fourth-order valence-corrected chi connectivity index (χ4v) is 3.42. The van der Waals surface area contributed by atoms with E-state index in [-0.39, 0.29) is 5.91 Å². The van der Waals surface area contributed by atoms with Crippen molar-refractivity contribution in [2.75, 3.05) is 23.3 Å². The van der Waals surface area contributed by atoms with Crippen molar-refractivity contribution in [3.05, 3.63) is 52.5 Å². The summed E-state index contributed by atoms with van der Waals surface area (Å²) >= 11 is 12.0. The molecule has 0 radical (unpaired) electrons. The van der Waals surface area contributed by atoms with Crippen LogP contribution >= 0.6 is 23.2 Å². The quantitative estimate of drug-likeness (QED) is 0.741. The second-order valence-electron chi connectivity index (χ2n) is 6.42. The second-order valence-corrected chi connectivity index (χ2v) is 7.26. The zero-order chi connectivity index (χ0) is 18.5. The first-order valence-corrected chi connectivity index (χ1v) is 9.56. The molecule has 0 unspecified atom stereocenters. The van der Waals surface area contributed by atoms with Gasteiger partial charge in [0.15, 0.2) is 6.10 Å². The lowest BCUT2D eigenvalue weighted by Crippen LogP contribution is -2.30. The summed E-state index contributed by atoms with van der Waals surface area (Å²) in [4.78, 5) is 14.7. The predicted molar refractivity (Wildman–Crippen MR) is 108 cm³/mol. The molecular formula is C20H22Cl2N2O2. The number of hydrogen-bond acceptors (Lipinski definition) is 3. The minimum atomic E-state index is -0.685. The lowest BCUT2D eigenvalue weighted by atomic mass is 10.1. The molecule has 1 aliphatic heterocycles. The third-order valence-corrected chi connectivity index (χ3v) is 4.95. The van der Waals surface area contributed by atoms with Gasteiger partial charge < -0.3 is 15.0 Å². The first-order chi connectivity index (χ1) is 12.5. The number of ether oxygens (including phenoxy) is 1. The van der Waals surface area contributed by atoms with Crippen molar-refractivity contribution in [2.24, 2.45) is 0 Å². The highest BCUT2D eigenvalue weighted by atomic mass is 35.5. The van der Waals surface area contributed by atoms with Crippen LogP contribution in [-0.4, -0.2) is 25.1 Å². The van der Waals surface area contributed by atoms with Crippen LogP contribution in [0.5, 0.6) is 5.75 Å².